The van der Waals surface area contributed by atoms with Crippen molar-refractivity contribution in [1.82, 2.24) is 14.7 Å². The monoisotopic (exact) mass is 391 g/mol. The zero-order chi connectivity index (χ0) is 20.5. The molecule has 7 nitrogen and oxygen atoms in total. The Labute approximate surface area is 168 Å². The summed E-state index contributed by atoms with van der Waals surface area (Å²) >= 11 is 0. The van der Waals surface area contributed by atoms with Crippen molar-refractivity contribution in [1.29, 1.82) is 0 Å². The molecule has 29 heavy (non-hydrogen) atoms. The van der Waals surface area contributed by atoms with E-state index in [4.69, 9.17) is 0 Å². The lowest BCUT2D eigenvalue weighted by atomic mass is 10.1. The molecule has 2 aliphatic heterocycles. The molecule has 0 saturated carbocycles. The zero-order valence-electron chi connectivity index (χ0n) is 16.1. The highest BCUT2D eigenvalue weighted by atomic mass is 16.2. The standard InChI is InChI=1S/C22H21N3O4/c1-2-3-12-23(13-24-19(26)15-8-4-5-9-16(15)20(24)27)14-25-21(28)17-10-6-7-11-18(17)22(25)29/h4-11H,2-3,12-14H2,1H3. The third-order valence-corrected chi connectivity index (χ3v) is 5.27. The minimum atomic E-state index is -0.352. The second-order valence-corrected chi connectivity index (χ2v) is 7.20. The predicted molar refractivity (Wildman–Crippen MR) is 105 cm³/mol. The molecule has 4 amide bonds. The van der Waals surface area contributed by atoms with Gasteiger partial charge in [-0.1, -0.05) is 37.6 Å². The van der Waals surface area contributed by atoms with E-state index in [1.807, 2.05) is 6.92 Å². The lowest BCUT2D eigenvalue weighted by Crippen LogP contribution is -2.48. The van der Waals surface area contributed by atoms with Gasteiger partial charge < -0.3 is 0 Å². The SMILES string of the molecule is CCCCN(CN1C(=O)c2ccccc2C1=O)CN1C(=O)c2ccccc2C1=O. The van der Waals surface area contributed by atoms with Crippen LogP contribution in [0.4, 0.5) is 0 Å². The second kappa shape index (κ2) is 7.60. The third kappa shape index (κ3) is 3.23. The van der Waals surface area contributed by atoms with E-state index in [1.54, 1.807) is 53.4 Å². The molecule has 2 heterocycles. The Hall–Kier alpha value is -3.32. The summed E-state index contributed by atoms with van der Waals surface area (Å²) in [6, 6.07) is 13.4. The number of carbonyl (C=O) groups excluding carboxylic acids is 4. The van der Waals surface area contributed by atoms with Crippen LogP contribution >= 0.6 is 0 Å². The van der Waals surface area contributed by atoms with Crippen molar-refractivity contribution in [3.63, 3.8) is 0 Å². The number of nitrogens with zero attached hydrogens (tertiary/aromatic N) is 3. The van der Waals surface area contributed by atoms with E-state index in [0.717, 1.165) is 12.8 Å². The fourth-order valence-corrected chi connectivity index (χ4v) is 3.70. The van der Waals surface area contributed by atoms with Crippen LogP contribution in [-0.2, 0) is 0 Å². The predicted octanol–water partition coefficient (Wildman–Crippen LogP) is 2.60. The molecule has 0 radical (unpaired) electrons. The maximum Gasteiger partial charge on any atom is 0.262 e. The first-order valence-electron chi connectivity index (χ1n) is 9.65. The Balaban J connectivity index is 1.54. The number of rotatable bonds is 7. The number of benzene rings is 2. The first kappa shape index (κ1) is 19.0. The van der Waals surface area contributed by atoms with Gasteiger partial charge in [-0.05, 0) is 30.7 Å². The quantitative estimate of drug-likeness (QED) is 0.678. The van der Waals surface area contributed by atoms with Crippen LogP contribution in [0.5, 0.6) is 0 Å². The summed E-state index contributed by atoms with van der Waals surface area (Å²) in [5.74, 6) is -1.41. The molecule has 148 valence electrons. The molecule has 7 heteroatoms. The summed E-state index contributed by atoms with van der Waals surface area (Å²) in [5.41, 5.74) is 1.53. The number of imide groups is 2. The highest BCUT2D eigenvalue weighted by molar-refractivity contribution is 6.22. The fraction of sp³-hybridized carbons (Fsp3) is 0.273. The summed E-state index contributed by atoms with van der Waals surface area (Å²) in [4.78, 5) is 54.9. The highest BCUT2D eigenvalue weighted by Crippen LogP contribution is 2.25. The Bertz CT molecular complexity index is 869. The maximum absolute atomic E-state index is 12.7. The number of carbonyl (C=O) groups is 4. The average molecular weight is 391 g/mol. The maximum atomic E-state index is 12.7. The highest BCUT2D eigenvalue weighted by Gasteiger charge is 2.39. The van der Waals surface area contributed by atoms with Gasteiger partial charge in [-0.25, -0.2) is 0 Å². The number of hydrogen-bond donors (Lipinski definition) is 0. The summed E-state index contributed by atoms with van der Waals surface area (Å²) in [7, 11) is 0. The van der Waals surface area contributed by atoms with E-state index >= 15 is 0 Å². The summed E-state index contributed by atoms with van der Waals surface area (Å²) in [6.07, 6.45) is 1.72. The number of fused-ring (bicyclic) bond motifs is 2. The van der Waals surface area contributed by atoms with E-state index < -0.39 is 0 Å². The van der Waals surface area contributed by atoms with Gasteiger partial charge in [0, 0.05) is 6.54 Å². The Kier molecular flexibility index (Phi) is 4.98. The minimum absolute atomic E-state index is 0.0275. The van der Waals surface area contributed by atoms with Gasteiger partial charge in [-0.15, -0.1) is 0 Å². The van der Waals surface area contributed by atoms with Crippen molar-refractivity contribution in [3.05, 3.63) is 70.8 Å². The normalized spacial score (nSPS) is 15.5. The molecule has 0 N–H and O–H groups in total. The Morgan fingerprint density at radius 2 is 1.00 bits per heavy atom. The molecule has 0 bridgehead atoms. The van der Waals surface area contributed by atoms with E-state index in [0.29, 0.717) is 28.8 Å². The van der Waals surface area contributed by atoms with Crippen LogP contribution in [0.1, 0.15) is 61.2 Å². The molecule has 2 aliphatic rings. The molecule has 0 fully saturated rings. The second-order valence-electron chi connectivity index (χ2n) is 7.20. The van der Waals surface area contributed by atoms with Crippen molar-refractivity contribution in [2.75, 3.05) is 19.9 Å². The molecule has 0 spiro atoms. The van der Waals surface area contributed by atoms with Gasteiger partial charge in [0.25, 0.3) is 23.6 Å². The molecule has 0 atom stereocenters. The summed E-state index contributed by atoms with van der Waals surface area (Å²) in [5, 5.41) is 0. The van der Waals surface area contributed by atoms with Crippen molar-refractivity contribution < 1.29 is 19.2 Å². The van der Waals surface area contributed by atoms with Crippen LogP contribution in [0, 0.1) is 0 Å². The van der Waals surface area contributed by atoms with Gasteiger partial charge in [0.05, 0.1) is 35.6 Å². The van der Waals surface area contributed by atoms with Crippen molar-refractivity contribution >= 4 is 23.6 Å². The molecule has 4 rings (SSSR count). The molecule has 2 aromatic carbocycles. The average Bonchev–Trinajstić information content (AvgIpc) is 3.13. The lowest BCUT2D eigenvalue weighted by molar-refractivity contribution is 0.0394. The Morgan fingerprint density at radius 3 is 1.31 bits per heavy atom. The minimum Gasteiger partial charge on any atom is -0.269 e. The number of hydrogen-bond acceptors (Lipinski definition) is 5. The van der Waals surface area contributed by atoms with E-state index in [9.17, 15) is 19.2 Å². The topological polar surface area (TPSA) is 78.0 Å². The number of unbranched alkanes of at least 4 members (excludes halogenated alkanes) is 1. The first-order chi connectivity index (χ1) is 14.0. The van der Waals surface area contributed by atoms with Gasteiger partial charge in [-0.2, -0.15) is 0 Å². The van der Waals surface area contributed by atoms with Crippen LogP contribution in [0.15, 0.2) is 48.5 Å². The summed E-state index contributed by atoms with van der Waals surface area (Å²) < 4.78 is 0. The molecule has 2 aromatic rings. The van der Waals surface area contributed by atoms with Crippen LogP contribution < -0.4 is 0 Å². The zero-order valence-corrected chi connectivity index (χ0v) is 16.1. The van der Waals surface area contributed by atoms with Gasteiger partial charge >= 0.3 is 0 Å². The molecule has 0 aromatic heterocycles. The lowest BCUT2D eigenvalue weighted by Gasteiger charge is -2.29. The summed E-state index contributed by atoms with van der Waals surface area (Å²) in [6.45, 7) is 2.64. The van der Waals surface area contributed by atoms with Gasteiger partial charge in [0.1, 0.15) is 0 Å². The van der Waals surface area contributed by atoms with E-state index in [2.05, 4.69) is 0 Å². The molecular weight excluding hydrogens is 370 g/mol. The van der Waals surface area contributed by atoms with Crippen LogP contribution in [0.25, 0.3) is 0 Å². The van der Waals surface area contributed by atoms with Crippen molar-refractivity contribution in [3.8, 4) is 0 Å². The molecule has 0 aliphatic carbocycles. The van der Waals surface area contributed by atoms with Crippen LogP contribution in [-0.4, -0.2) is 58.2 Å². The molecule has 0 saturated heterocycles. The third-order valence-electron chi connectivity index (χ3n) is 5.27. The molecular formula is C22H21N3O4. The van der Waals surface area contributed by atoms with E-state index in [1.165, 1.54) is 9.80 Å². The van der Waals surface area contributed by atoms with Gasteiger partial charge in [0.2, 0.25) is 0 Å². The number of amides is 4. The Morgan fingerprint density at radius 1 is 0.655 bits per heavy atom. The van der Waals surface area contributed by atoms with Crippen LogP contribution in [0.3, 0.4) is 0 Å². The largest absolute Gasteiger partial charge is 0.269 e. The van der Waals surface area contributed by atoms with Gasteiger partial charge in [-0.3, -0.25) is 33.9 Å². The van der Waals surface area contributed by atoms with Crippen LogP contribution in [0.2, 0.25) is 0 Å². The van der Waals surface area contributed by atoms with Gasteiger partial charge in [0.15, 0.2) is 0 Å². The fourth-order valence-electron chi connectivity index (χ4n) is 3.70. The molecule has 0 unspecified atom stereocenters. The van der Waals surface area contributed by atoms with E-state index in [-0.39, 0.29) is 37.0 Å². The first-order valence-corrected chi connectivity index (χ1v) is 9.65. The van der Waals surface area contributed by atoms with Crippen molar-refractivity contribution in [2.45, 2.75) is 19.8 Å². The smallest absolute Gasteiger partial charge is 0.262 e. The van der Waals surface area contributed by atoms with Crippen molar-refractivity contribution in [2.24, 2.45) is 0 Å².